The Kier molecular flexibility index (Phi) is 2.84. The molecule has 0 aliphatic heterocycles. The quantitative estimate of drug-likeness (QED) is 0.592. The summed E-state index contributed by atoms with van der Waals surface area (Å²) in [6, 6.07) is 7.95. The Balaban J connectivity index is 2.95. The summed E-state index contributed by atoms with van der Waals surface area (Å²) in [6.07, 6.45) is 1.81. The number of halogens is 1. The Hall–Kier alpha value is 0.556. The predicted molar refractivity (Wildman–Crippen MR) is 52.1 cm³/mol. The van der Waals surface area contributed by atoms with Crippen molar-refractivity contribution in [3.8, 4) is 0 Å². The van der Waals surface area contributed by atoms with E-state index in [1.165, 1.54) is -0.342 Å². The third-order valence-corrected chi connectivity index (χ3v) is 3.51. The van der Waals surface area contributed by atoms with E-state index in [0.29, 0.717) is 49.0 Å². The molecule has 0 atom stereocenters. The van der Waals surface area contributed by atoms with Crippen molar-refractivity contribution in [1.82, 2.24) is 4.98 Å². The van der Waals surface area contributed by atoms with Crippen LogP contribution in [0.4, 0.5) is 0 Å². The number of fused-ring (bicyclic) bond motifs is 1. The van der Waals surface area contributed by atoms with Crippen molar-refractivity contribution in [3.05, 3.63) is 35.5 Å². The van der Waals surface area contributed by atoms with Crippen molar-refractivity contribution in [2.24, 2.45) is 0 Å². The molecule has 54 valence electrons. The van der Waals surface area contributed by atoms with Gasteiger partial charge in [-0.05, 0) is 0 Å². The summed E-state index contributed by atoms with van der Waals surface area (Å²) in [5.74, 6) is 0. The van der Waals surface area contributed by atoms with Crippen LogP contribution < -0.4 is -0.342 Å². The molecular weight excluding hydrogens is 197 g/mol. The Morgan fingerprint density at radius 1 is 1.25 bits per heavy atom. The van der Waals surface area contributed by atoms with E-state index in [0.717, 1.165) is 15.9 Å². The van der Waals surface area contributed by atoms with Gasteiger partial charge in [0, 0.05) is 0 Å². The first-order valence-corrected chi connectivity index (χ1v) is 5.73. The topological polar surface area (TPSA) is 12.9 Å². The van der Waals surface area contributed by atoms with Gasteiger partial charge in [-0.1, -0.05) is 0 Å². The van der Waals surface area contributed by atoms with Gasteiger partial charge in [0.25, 0.3) is 0 Å². The predicted octanol–water partition coefficient (Wildman–Crippen LogP) is 1.68. The molecule has 12 heavy (non-hydrogen) atoms. The van der Waals surface area contributed by atoms with E-state index >= 15 is 0 Å². The molecule has 0 spiro atoms. The minimum atomic E-state index is 0.657. The van der Waals surface area contributed by atoms with E-state index in [-0.39, 0.29) is 0 Å². The summed E-state index contributed by atoms with van der Waals surface area (Å²) in [7, 11) is 0. The van der Waals surface area contributed by atoms with Crippen LogP contribution in [0.25, 0.3) is 10.9 Å². The Bertz CT molecular complexity index is 387. The Morgan fingerprint density at radius 2 is 2.08 bits per heavy atom. The first-order valence-electron chi connectivity index (χ1n) is 3.79. The SMILES string of the molecule is Clc1cc[c]([K])c2ncccc12. The van der Waals surface area contributed by atoms with Gasteiger partial charge in [0.2, 0.25) is 0 Å². The molecule has 0 amide bonds. The number of pyridine rings is 1. The molecule has 0 aliphatic carbocycles. The van der Waals surface area contributed by atoms with Gasteiger partial charge in [-0.25, -0.2) is 0 Å². The standard InChI is InChI=1S/C9H5ClN.K/c10-8-4-1-5-9-7(8)3-2-6-11-9;/h1-4,6H;. The van der Waals surface area contributed by atoms with Gasteiger partial charge in [-0.15, -0.1) is 0 Å². The second-order valence-electron chi connectivity index (χ2n) is 2.76. The molecular formula is C9H5ClKN. The van der Waals surface area contributed by atoms with Gasteiger partial charge in [0.1, 0.15) is 0 Å². The number of aromatic nitrogens is 1. The van der Waals surface area contributed by atoms with E-state index in [9.17, 15) is 0 Å². The molecule has 2 aromatic rings. The van der Waals surface area contributed by atoms with Gasteiger partial charge < -0.3 is 0 Å². The third kappa shape index (κ3) is 1.60. The summed E-state index contributed by atoms with van der Waals surface area (Å²) in [5.41, 5.74) is 1.07. The monoisotopic (exact) mass is 201 g/mol. The zero-order valence-electron chi connectivity index (χ0n) is 6.71. The fourth-order valence-electron chi connectivity index (χ4n) is 1.28. The normalized spacial score (nSPS) is 10.6. The molecule has 2 rings (SSSR count). The van der Waals surface area contributed by atoms with E-state index in [1.54, 1.807) is 0 Å². The molecule has 0 aliphatic rings. The molecule has 0 bridgehead atoms. The van der Waals surface area contributed by atoms with E-state index < -0.39 is 0 Å². The molecule has 1 heterocycles. The molecule has 0 radical (unpaired) electrons. The zero-order chi connectivity index (χ0) is 8.55. The van der Waals surface area contributed by atoms with Crippen molar-refractivity contribution >= 4 is 71.1 Å². The average Bonchev–Trinajstić information content (AvgIpc) is 2.12. The fraction of sp³-hybridized carbons (Fsp3) is 0. The van der Waals surface area contributed by atoms with E-state index in [1.807, 2.05) is 24.4 Å². The maximum absolute atomic E-state index is 6.01. The summed E-state index contributed by atoms with van der Waals surface area (Å²) in [6.45, 7) is 0. The van der Waals surface area contributed by atoms with Gasteiger partial charge >= 0.3 is 112 Å². The van der Waals surface area contributed by atoms with Crippen molar-refractivity contribution < 1.29 is 0 Å². The van der Waals surface area contributed by atoms with Crippen molar-refractivity contribution in [2.75, 3.05) is 0 Å². The molecule has 1 aromatic heterocycles. The summed E-state index contributed by atoms with van der Waals surface area (Å²) >= 11 is 6.67. The number of hydrogen-bond donors (Lipinski definition) is 0. The van der Waals surface area contributed by atoms with Crippen LogP contribution in [0.1, 0.15) is 0 Å². The third-order valence-electron chi connectivity index (χ3n) is 1.92. The van der Waals surface area contributed by atoms with Crippen molar-refractivity contribution in [1.29, 1.82) is 0 Å². The van der Waals surface area contributed by atoms with Crippen LogP contribution in [0.2, 0.25) is 5.02 Å². The first kappa shape index (κ1) is 9.12. The minimum absolute atomic E-state index is 0.657. The molecule has 1 aromatic carbocycles. The van der Waals surface area contributed by atoms with Crippen LogP contribution in [-0.4, -0.2) is 53.9 Å². The molecule has 0 saturated heterocycles. The maximum atomic E-state index is 6.01. The van der Waals surface area contributed by atoms with Gasteiger partial charge in [-0.2, -0.15) is 0 Å². The Morgan fingerprint density at radius 3 is 2.83 bits per heavy atom. The second kappa shape index (κ2) is 3.74. The molecule has 0 saturated carbocycles. The van der Waals surface area contributed by atoms with Gasteiger partial charge in [0.05, 0.1) is 0 Å². The first-order chi connectivity index (χ1) is 5.79. The zero-order valence-corrected chi connectivity index (χ0v) is 10.6. The van der Waals surface area contributed by atoms with Crippen LogP contribution >= 0.6 is 11.6 Å². The van der Waals surface area contributed by atoms with Gasteiger partial charge in [-0.3, -0.25) is 0 Å². The molecule has 0 fully saturated rings. The van der Waals surface area contributed by atoms with Crippen molar-refractivity contribution in [2.45, 2.75) is 0 Å². The summed E-state index contributed by atoms with van der Waals surface area (Å²) < 4.78 is 1.35. The van der Waals surface area contributed by atoms with E-state index in [2.05, 4.69) is 11.1 Å². The number of nitrogens with zero attached hydrogens (tertiary/aromatic N) is 1. The van der Waals surface area contributed by atoms with Crippen LogP contribution in [0.15, 0.2) is 30.5 Å². The van der Waals surface area contributed by atoms with E-state index in [4.69, 9.17) is 11.6 Å². The van der Waals surface area contributed by atoms with Gasteiger partial charge in [0.15, 0.2) is 0 Å². The molecule has 0 N–H and O–H groups in total. The van der Waals surface area contributed by atoms with Crippen molar-refractivity contribution in [3.63, 3.8) is 0 Å². The molecule has 0 unspecified atom stereocenters. The average molecular weight is 202 g/mol. The van der Waals surface area contributed by atoms with Crippen LogP contribution in [0.3, 0.4) is 0 Å². The molecule has 3 heteroatoms. The second-order valence-corrected chi connectivity index (χ2v) is 4.85. The van der Waals surface area contributed by atoms with Crippen LogP contribution in [0, 0.1) is 0 Å². The van der Waals surface area contributed by atoms with Crippen LogP contribution in [0.5, 0.6) is 0 Å². The molecule has 1 nitrogen and oxygen atoms in total. The number of hydrogen-bond acceptors (Lipinski definition) is 1. The Labute approximate surface area is 110 Å². The number of benzene rings is 1. The summed E-state index contributed by atoms with van der Waals surface area (Å²) in [5, 5.41) is 1.87. The van der Waals surface area contributed by atoms with Crippen LogP contribution in [-0.2, 0) is 0 Å². The summed E-state index contributed by atoms with van der Waals surface area (Å²) in [4.78, 5) is 4.30. The number of rotatable bonds is 0. The fourth-order valence-corrected chi connectivity index (χ4v) is 2.38.